The maximum Gasteiger partial charge on any atom is 0.270 e. The highest BCUT2D eigenvalue weighted by Gasteiger charge is 2.19. The summed E-state index contributed by atoms with van der Waals surface area (Å²) in [6.07, 6.45) is 0. The lowest BCUT2D eigenvalue weighted by molar-refractivity contribution is -0.384. The first-order valence-corrected chi connectivity index (χ1v) is 9.58. The molecule has 152 valence electrons. The number of amides is 1. The van der Waals surface area contributed by atoms with E-state index in [0.717, 1.165) is 32.7 Å². The van der Waals surface area contributed by atoms with Gasteiger partial charge < -0.3 is 0 Å². The van der Waals surface area contributed by atoms with Gasteiger partial charge in [-0.25, -0.2) is 5.43 Å². The van der Waals surface area contributed by atoms with Gasteiger partial charge in [-0.15, -0.1) is 0 Å². The molecule has 1 fully saturated rings. The van der Waals surface area contributed by atoms with E-state index < -0.39 is 4.92 Å². The summed E-state index contributed by atoms with van der Waals surface area (Å²) in [6.45, 7) is 6.40. The summed E-state index contributed by atoms with van der Waals surface area (Å²) < 4.78 is 0. The van der Waals surface area contributed by atoms with Gasteiger partial charge in [0.2, 0.25) is 0 Å². The Labute approximate surface area is 170 Å². The van der Waals surface area contributed by atoms with Crippen LogP contribution in [0.15, 0.2) is 59.7 Å². The molecule has 1 saturated heterocycles. The third-order valence-corrected chi connectivity index (χ3v) is 4.90. The lowest BCUT2D eigenvalue weighted by atomic mass is 10.1. The minimum Gasteiger partial charge on any atom is -0.297 e. The predicted octanol–water partition coefficient (Wildman–Crippen LogP) is 2.25. The smallest absolute Gasteiger partial charge is 0.270 e. The molecule has 1 N–H and O–H groups in total. The second-order valence-corrected chi connectivity index (χ2v) is 7.08. The highest BCUT2D eigenvalue weighted by atomic mass is 16.6. The number of hydrogen-bond donors (Lipinski definition) is 1. The largest absolute Gasteiger partial charge is 0.297 e. The van der Waals surface area contributed by atoms with E-state index in [9.17, 15) is 14.9 Å². The van der Waals surface area contributed by atoms with E-state index in [1.54, 1.807) is 19.1 Å². The molecule has 8 heteroatoms. The van der Waals surface area contributed by atoms with E-state index in [-0.39, 0.29) is 18.1 Å². The fourth-order valence-corrected chi connectivity index (χ4v) is 3.24. The lowest BCUT2D eigenvalue weighted by Gasteiger charge is -2.34. The zero-order valence-corrected chi connectivity index (χ0v) is 16.5. The highest BCUT2D eigenvalue weighted by molar-refractivity contribution is 5.99. The van der Waals surface area contributed by atoms with Crippen LogP contribution in [0, 0.1) is 10.1 Å². The number of nitrogens with one attached hydrogen (secondary N) is 1. The maximum atomic E-state index is 12.2. The SMILES string of the molecule is CC(=NNC(=O)CN1CCN(Cc2ccccc2)CC1)c1cccc([N+](=O)[O-])c1. The fraction of sp³-hybridized carbons (Fsp3) is 0.333. The monoisotopic (exact) mass is 395 g/mol. The van der Waals surface area contributed by atoms with Crippen LogP contribution in [0.25, 0.3) is 0 Å². The van der Waals surface area contributed by atoms with Crippen molar-refractivity contribution in [3.05, 3.63) is 75.8 Å². The Morgan fingerprint density at radius 1 is 1.07 bits per heavy atom. The zero-order valence-electron chi connectivity index (χ0n) is 16.5. The van der Waals surface area contributed by atoms with Gasteiger partial charge in [-0.1, -0.05) is 42.5 Å². The third-order valence-electron chi connectivity index (χ3n) is 4.90. The van der Waals surface area contributed by atoms with E-state index in [4.69, 9.17) is 0 Å². The standard InChI is InChI=1S/C21H25N5O3/c1-17(19-8-5-9-20(14-19)26(28)29)22-23-21(27)16-25-12-10-24(11-13-25)15-18-6-3-2-4-7-18/h2-9,14H,10-13,15-16H2,1H3,(H,23,27). The predicted molar refractivity (Wildman–Crippen MR) is 112 cm³/mol. The summed E-state index contributed by atoms with van der Waals surface area (Å²) in [5.41, 5.74) is 4.97. The number of hydrazone groups is 1. The fourth-order valence-electron chi connectivity index (χ4n) is 3.24. The highest BCUT2D eigenvalue weighted by Crippen LogP contribution is 2.13. The van der Waals surface area contributed by atoms with Crippen molar-refractivity contribution in [1.82, 2.24) is 15.2 Å². The first kappa shape index (κ1) is 20.6. The number of non-ortho nitro benzene ring substituents is 1. The molecular formula is C21H25N5O3. The van der Waals surface area contributed by atoms with Crippen molar-refractivity contribution < 1.29 is 9.72 Å². The zero-order chi connectivity index (χ0) is 20.6. The summed E-state index contributed by atoms with van der Waals surface area (Å²) in [5, 5.41) is 15.0. The number of nitro groups is 1. The molecule has 0 spiro atoms. The Morgan fingerprint density at radius 2 is 1.76 bits per heavy atom. The van der Waals surface area contributed by atoms with Crippen LogP contribution in [0.1, 0.15) is 18.1 Å². The van der Waals surface area contributed by atoms with E-state index in [0.29, 0.717) is 11.3 Å². The topological polar surface area (TPSA) is 91.1 Å². The van der Waals surface area contributed by atoms with Crippen LogP contribution in [0.5, 0.6) is 0 Å². The molecule has 0 aromatic heterocycles. The molecule has 0 saturated carbocycles. The van der Waals surface area contributed by atoms with Crippen LogP contribution >= 0.6 is 0 Å². The van der Waals surface area contributed by atoms with Crippen LogP contribution in [0.3, 0.4) is 0 Å². The number of carbonyl (C=O) groups is 1. The van der Waals surface area contributed by atoms with Crippen LogP contribution in [-0.4, -0.2) is 59.1 Å². The molecule has 1 aliphatic heterocycles. The lowest BCUT2D eigenvalue weighted by Crippen LogP contribution is -2.48. The van der Waals surface area contributed by atoms with Gasteiger partial charge in [0.05, 0.1) is 17.2 Å². The van der Waals surface area contributed by atoms with Crippen molar-refractivity contribution in [1.29, 1.82) is 0 Å². The number of rotatable bonds is 7. The molecule has 3 rings (SSSR count). The first-order valence-electron chi connectivity index (χ1n) is 9.58. The number of benzene rings is 2. The van der Waals surface area contributed by atoms with Gasteiger partial charge >= 0.3 is 0 Å². The normalized spacial score (nSPS) is 15.8. The van der Waals surface area contributed by atoms with Crippen LogP contribution in [0.2, 0.25) is 0 Å². The van der Waals surface area contributed by atoms with Gasteiger partial charge in [-0.2, -0.15) is 5.10 Å². The van der Waals surface area contributed by atoms with E-state index >= 15 is 0 Å². The van der Waals surface area contributed by atoms with E-state index in [2.05, 4.69) is 32.5 Å². The molecule has 0 bridgehead atoms. The van der Waals surface area contributed by atoms with Crippen molar-refractivity contribution in [2.75, 3.05) is 32.7 Å². The molecule has 2 aromatic rings. The van der Waals surface area contributed by atoms with Gasteiger partial charge in [-0.3, -0.25) is 24.7 Å². The van der Waals surface area contributed by atoms with E-state index in [1.807, 2.05) is 18.2 Å². The maximum absolute atomic E-state index is 12.2. The number of hydrogen-bond acceptors (Lipinski definition) is 6. The number of nitro benzene ring substituents is 1. The van der Waals surface area contributed by atoms with Crippen molar-refractivity contribution in [2.45, 2.75) is 13.5 Å². The summed E-state index contributed by atoms with van der Waals surface area (Å²) >= 11 is 0. The Bertz CT molecular complexity index is 877. The van der Waals surface area contributed by atoms with Crippen molar-refractivity contribution in [3.8, 4) is 0 Å². The Hall–Kier alpha value is -3.10. The second kappa shape index (κ2) is 9.90. The summed E-state index contributed by atoms with van der Waals surface area (Å²) in [6, 6.07) is 16.6. The molecular weight excluding hydrogens is 370 g/mol. The summed E-state index contributed by atoms with van der Waals surface area (Å²) in [7, 11) is 0. The quantitative estimate of drug-likeness (QED) is 0.441. The molecule has 0 aliphatic carbocycles. The number of nitrogens with zero attached hydrogens (tertiary/aromatic N) is 4. The van der Waals surface area contributed by atoms with Gasteiger partial charge in [0.1, 0.15) is 0 Å². The number of piperazine rings is 1. The van der Waals surface area contributed by atoms with Crippen LogP contribution in [0.4, 0.5) is 5.69 Å². The molecule has 29 heavy (non-hydrogen) atoms. The average Bonchev–Trinajstić information content (AvgIpc) is 2.74. The molecule has 0 unspecified atom stereocenters. The Balaban J connectivity index is 1.44. The van der Waals surface area contributed by atoms with Gasteiger partial charge in [0, 0.05) is 50.4 Å². The van der Waals surface area contributed by atoms with Crippen molar-refractivity contribution >= 4 is 17.3 Å². The molecule has 0 radical (unpaired) electrons. The van der Waals surface area contributed by atoms with Crippen molar-refractivity contribution in [3.63, 3.8) is 0 Å². The number of carbonyl (C=O) groups excluding carboxylic acids is 1. The first-order chi connectivity index (χ1) is 14.0. The van der Waals surface area contributed by atoms with Crippen LogP contribution < -0.4 is 5.43 Å². The van der Waals surface area contributed by atoms with E-state index in [1.165, 1.54) is 17.7 Å². The third kappa shape index (κ3) is 6.20. The molecule has 1 heterocycles. The van der Waals surface area contributed by atoms with Gasteiger partial charge in [0.15, 0.2) is 0 Å². The van der Waals surface area contributed by atoms with Gasteiger partial charge in [-0.05, 0) is 12.5 Å². The summed E-state index contributed by atoms with van der Waals surface area (Å²) in [5.74, 6) is -0.189. The summed E-state index contributed by atoms with van der Waals surface area (Å²) in [4.78, 5) is 27.1. The van der Waals surface area contributed by atoms with Crippen molar-refractivity contribution in [2.24, 2.45) is 5.10 Å². The van der Waals surface area contributed by atoms with Gasteiger partial charge in [0.25, 0.3) is 11.6 Å². The molecule has 1 aliphatic rings. The molecule has 2 aromatic carbocycles. The second-order valence-electron chi connectivity index (χ2n) is 7.08. The minimum absolute atomic E-state index is 0.00301. The minimum atomic E-state index is -0.452. The Morgan fingerprint density at radius 3 is 2.45 bits per heavy atom. The average molecular weight is 395 g/mol. The molecule has 0 atom stereocenters. The van der Waals surface area contributed by atoms with Crippen LogP contribution in [-0.2, 0) is 11.3 Å². The molecule has 8 nitrogen and oxygen atoms in total. The Kier molecular flexibility index (Phi) is 7.04. The molecule has 1 amide bonds.